The number of pyridine rings is 1. The minimum absolute atomic E-state index is 0.0206. The predicted octanol–water partition coefficient (Wildman–Crippen LogP) is 1.53. The number of fused-ring (bicyclic) bond motifs is 1. The Bertz CT molecular complexity index is 653. The van der Waals surface area contributed by atoms with Crippen LogP contribution >= 0.6 is 0 Å². The summed E-state index contributed by atoms with van der Waals surface area (Å²) in [6.07, 6.45) is 5.89. The van der Waals surface area contributed by atoms with E-state index >= 15 is 0 Å². The lowest BCUT2D eigenvalue weighted by atomic mass is 9.97. The first kappa shape index (κ1) is 15.0. The number of aromatic nitrogens is 3. The van der Waals surface area contributed by atoms with Crippen molar-refractivity contribution in [2.75, 3.05) is 33.2 Å². The molecule has 1 aliphatic heterocycles. The molecule has 1 aliphatic rings. The zero-order valence-electron chi connectivity index (χ0n) is 13.3. The highest BCUT2D eigenvalue weighted by atomic mass is 16.2. The van der Waals surface area contributed by atoms with E-state index in [0.29, 0.717) is 17.1 Å². The maximum absolute atomic E-state index is 12.7. The lowest BCUT2D eigenvalue weighted by molar-refractivity contribution is 0.0734. The molecule has 0 N–H and O–H groups in total. The first-order valence-corrected chi connectivity index (χ1v) is 7.95. The van der Waals surface area contributed by atoms with Gasteiger partial charge in [0.2, 0.25) is 0 Å². The topological polar surface area (TPSA) is 53.7 Å². The molecule has 6 heteroatoms. The normalized spacial score (nSPS) is 19.5. The Hall–Kier alpha value is -1.95. The van der Waals surface area contributed by atoms with Crippen LogP contribution in [0.5, 0.6) is 0 Å². The van der Waals surface area contributed by atoms with Crippen molar-refractivity contribution < 1.29 is 4.79 Å². The van der Waals surface area contributed by atoms with E-state index in [-0.39, 0.29) is 5.91 Å². The molecule has 0 aliphatic carbocycles. The molecule has 1 atom stereocenters. The Labute approximate surface area is 130 Å². The van der Waals surface area contributed by atoms with Gasteiger partial charge in [0.15, 0.2) is 5.65 Å². The molecule has 0 saturated carbocycles. The van der Waals surface area contributed by atoms with Crippen LogP contribution in [-0.2, 0) is 0 Å². The quantitative estimate of drug-likeness (QED) is 0.859. The number of hydrogen-bond acceptors (Lipinski definition) is 4. The predicted molar refractivity (Wildman–Crippen MR) is 84.8 cm³/mol. The molecule has 0 aromatic carbocycles. The fraction of sp³-hybridized carbons (Fsp3) is 0.562. The van der Waals surface area contributed by atoms with Crippen molar-refractivity contribution in [3.63, 3.8) is 0 Å². The molecular formula is C16H23N5O. The zero-order chi connectivity index (χ0) is 15.5. The smallest absolute Gasteiger partial charge is 0.257 e. The second-order valence-electron chi connectivity index (χ2n) is 6.07. The van der Waals surface area contributed by atoms with Crippen molar-refractivity contribution in [2.45, 2.75) is 19.8 Å². The number of nitrogens with zero attached hydrogens (tertiary/aromatic N) is 5. The summed E-state index contributed by atoms with van der Waals surface area (Å²) in [5, 5.41) is 7.93. The van der Waals surface area contributed by atoms with Crippen LogP contribution in [0, 0.1) is 5.92 Å². The molecule has 0 radical (unpaired) electrons. The minimum atomic E-state index is 0.0206. The minimum Gasteiger partial charge on any atom is -0.341 e. The third-order valence-corrected chi connectivity index (χ3v) is 4.48. The highest BCUT2D eigenvalue weighted by Crippen LogP contribution is 2.18. The Morgan fingerprint density at radius 3 is 3.18 bits per heavy atom. The molecule has 2 aromatic rings. The van der Waals surface area contributed by atoms with Crippen LogP contribution in [-0.4, -0.2) is 63.5 Å². The summed E-state index contributed by atoms with van der Waals surface area (Å²) in [4.78, 5) is 17.0. The van der Waals surface area contributed by atoms with E-state index in [9.17, 15) is 4.79 Å². The van der Waals surface area contributed by atoms with Crippen LogP contribution < -0.4 is 0 Å². The van der Waals surface area contributed by atoms with Gasteiger partial charge in [0.1, 0.15) is 6.33 Å². The molecule has 3 rings (SSSR count). The highest BCUT2D eigenvalue weighted by molar-refractivity contribution is 5.99. The molecule has 1 amide bonds. The SMILES string of the molecule is CCN1CCC[C@H](CN(C)C(=O)c2cccn3cnnc23)C1. The fourth-order valence-electron chi connectivity index (χ4n) is 3.28. The number of amides is 1. The van der Waals surface area contributed by atoms with Gasteiger partial charge in [-0.1, -0.05) is 6.92 Å². The lowest BCUT2D eigenvalue weighted by Crippen LogP contribution is -2.41. The Morgan fingerprint density at radius 1 is 1.50 bits per heavy atom. The largest absolute Gasteiger partial charge is 0.341 e. The summed E-state index contributed by atoms with van der Waals surface area (Å²) in [5.74, 6) is 0.576. The fourth-order valence-corrected chi connectivity index (χ4v) is 3.28. The van der Waals surface area contributed by atoms with Gasteiger partial charge >= 0.3 is 0 Å². The van der Waals surface area contributed by atoms with Crippen LogP contribution in [0.2, 0.25) is 0 Å². The lowest BCUT2D eigenvalue weighted by Gasteiger charge is -2.34. The van der Waals surface area contributed by atoms with Crippen molar-refractivity contribution in [2.24, 2.45) is 5.92 Å². The van der Waals surface area contributed by atoms with E-state index in [1.165, 1.54) is 19.4 Å². The number of rotatable bonds is 4. The third-order valence-electron chi connectivity index (χ3n) is 4.48. The first-order valence-electron chi connectivity index (χ1n) is 7.95. The summed E-state index contributed by atoms with van der Waals surface area (Å²) in [5.41, 5.74) is 1.24. The maximum atomic E-state index is 12.7. The second-order valence-corrected chi connectivity index (χ2v) is 6.07. The number of hydrogen-bond donors (Lipinski definition) is 0. The molecule has 0 bridgehead atoms. The van der Waals surface area contributed by atoms with Crippen LogP contribution in [0.15, 0.2) is 24.7 Å². The molecular weight excluding hydrogens is 278 g/mol. The van der Waals surface area contributed by atoms with Crippen LogP contribution in [0.3, 0.4) is 0 Å². The summed E-state index contributed by atoms with van der Waals surface area (Å²) in [7, 11) is 1.88. The highest BCUT2D eigenvalue weighted by Gasteiger charge is 2.23. The number of carbonyl (C=O) groups is 1. The molecule has 2 aromatic heterocycles. The van der Waals surface area contributed by atoms with Gasteiger partial charge in [-0.2, -0.15) is 0 Å². The van der Waals surface area contributed by atoms with E-state index in [1.807, 2.05) is 30.3 Å². The standard InChI is InChI=1S/C16H23N5O/c1-3-20-8-4-6-13(11-20)10-19(2)16(22)14-7-5-9-21-12-17-18-15(14)21/h5,7,9,12-13H,3-4,6,8,10-11H2,1-2H3/t13-/m1/s1. The van der Waals surface area contributed by atoms with E-state index < -0.39 is 0 Å². The van der Waals surface area contributed by atoms with Crippen molar-refractivity contribution >= 4 is 11.6 Å². The van der Waals surface area contributed by atoms with Crippen molar-refractivity contribution in [1.82, 2.24) is 24.4 Å². The molecule has 1 fully saturated rings. The van der Waals surface area contributed by atoms with Crippen molar-refractivity contribution in [3.05, 3.63) is 30.2 Å². The molecule has 1 saturated heterocycles. The number of carbonyl (C=O) groups excluding carboxylic acids is 1. The van der Waals surface area contributed by atoms with Gasteiger partial charge in [-0.05, 0) is 44.0 Å². The first-order chi connectivity index (χ1) is 10.7. The summed E-state index contributed by atoms with van der Waals surface area (Å²) in [6.45, 7) is 6.36. The van der Waals surface area contributed by atoms with Crippen LogP contribution in [0.1, 0.15) is 30.1 Å². The van der Waals surface area contributed by atoms with E-state index in [0.717, 1.165) is 19.6 Å². The molecule has 0 spiro atoms. The van der Waals surface area contributed by atoms with Crippen molar-refractivity contribution in [1.29, 1.82) is 0 Å². The van der Waals surface area contributed by atoms with Gasteiger partial charge in [-0.3, -0.25) is 9.20 Å². The third kappa shape index (κ3) is 2.97. The van der Waals surface area contributed by atoms with E-state index in [2.05, 4.69) is 22.0 Å². The van der Waals surface area contributed by atoms with Crippen LogP contribution in [0.25, 0.3) is 5.65 Å². The Morgan fingerprint density at radius 2 is 2.36 bits per heavy atom. The summed E-state index contributed by atoms with van der Waals surface area (Å²) < 4.78 is 1.78. The molecule has 3 heterocycles. The number of piperidine rings is 1. The molecule has 6 nitrogen and oxygen atoms in total. The number of likely N-dealkylation sites (tertiary alicyclic amines) is 1. The van der Waals surface area contributed by atoms with E-state index in [1.54, 1.807) is 10.7 Å². The summed E-state index contributed by atoms with van der Waals surface area (Å²) in [6, 6.07) is 3.68. The van der Waals surface area contributed by atoms with E-state index in [4.69, 9.17) is 0 Å². The molecule has 22 heavy (non-hydrogen) atoms. The zero-order valence-corrected chi connectivity index (χ0v) is 13.3. The van der Waals surface area contributed by atoms with Crippen molar-refractivity contribution in [3.8, 4) is 0 Å². The Balaban J connectivity index is 1.70. The average molecular weight is 301 g/mol. The van der Waals surface area contributed by atoms with Gasteiger partial charge in [0.25, 0.3) is 5.91 Å². The Kier molecular flexibility index (Phi) is 4.38. The summed E-state index contributed by atoms with van der Waals surface area (Å²) >= 11 is 0. The second kappa shape index (κ2) is 6.44. The van der Waals surface area contributed by atoms with Gasteiger partial charge in [0, 0.05) is 26.3 Å². The molecule has 0 unspecified atom stereocenters. The average Bonchev–Trinajstić information content (AvgIpc) is 3.02. The van der Waals surface area contributed by atoms with Gasteiger partial charge in [0.05, 0.1) is 5.56 Å². The van der Waals surface area contributed by atoms with Gasteiger partial charge < -0.3 is 9.80 Å². The van der Waals surface area contributed by atoms with Gasteiger partial charge in [-0.25, -0.2) is 0 Å². The van der Waals surface area contributed by atoms with Gasteiger partial charge in [-0.15, -0.1) is 10.2 Å². The van der Waals surface area contributed by atoms with Crippen LogP contribution in [0.4, 0.5) is 0 Å². The maximum Gasteiger partial charge on any atom is 0.257 e. The molecule has 118 valence electrons. The monoisotopic (exact) mass is 301 g/mol.